The Bertz CT molecular complexity index is 1220. The van der Waals surface area contributed by atoms with Crippen LogP contribution in [0.4, 0.5) is 0 Å². The quantitative estimate of drug-likeness (QED) is 0.183. The molecule has 5 atom stereocenters. The summed E-state index contributed by atoms with van der Waals surface area (Å²) in [6, 6.07) is 29.9. The highest BCUT2D eigenvalue weighted by Gasteiger charge is 2.50. The predicted molar refractivity (Wildman–Crippen MR) is 159 cm³/mol. The lowest BCUT2D eigenvalue weighted by Gasteiger charge is -2.46. The predicted octanol–water partition coefficient (Wildman–Crippen LogP) is 6.68. The van der Waals surface area contributed by atoms with E-state index in [9.17, 15) is 4.79 Å². The van der Waals surface area contributed by atoms with Crippen LogP contribution in [0.3, 0.4) is 0 Å². The van der Waals surface area contributed by atoms with Gasteiger partial charge in [0.1, 0.15) is 24.4 Å². The zero-order valence-electron chi connectivity index (χ0n) is 24.5. The standard InChI is InChI=1S/C35H42O6/c1-25(2)30-33(41-34(36)35(3,4)5)32(39-23-28-19-13-8-14-20-28)31(38-22-27-17-11-7-12-18-27)29(40-30)24-37-21-26-15-9-6-10-16-26/h6-20,29-33H,1,21-24H2,2-5H3/t29-,30+,31-,32+,33+/m1/s1. The molecule has 0 saturated carbocycles. The number of hydrogen-bond donors (Lipinski definition) is 0. The Morgan fingerprint density at radius 1 is 0.732 bits per heavy atom. The molecule has 1 aliphatic heterocycles. The van der Waals surface area contributed by atoms with Crippen molar-refractivity contribution in [1.29, 1.82) is 0 Å². The molecule has 0 aromatic heterocycles. The Morgan fingerprint density at radius 2 is 1.20 bits per heavy atom. The number of carbonyl (C=O) groups excluding carboxylic acids is 1. The lowest BCUT2D eigenvalue weighted by atomic mass is 9.90. The summed E-state index contributed by atoms with van der Waals surface area (Å²) >= 11 is 0. The fourth-order valence-electron chi connectivity index (χ4n) is 4.67. The fraction of sp³-hybridized carbons (Fsp3) is 0.400. The maximum atomic E-state index is 13.2. The average molecular weight is 559 g/mol. The summed E-state index contributed by atoms with van der Waals surface area (Å²) in [6.45, 7) is 12.9. The van der Waals surface area contributed by atoms with Crippen molar-refractivity contribution in [2.75, 3.05) is 6.61 Å². The Labute approximate surface area is 244 Å². The van der Waals surface area contributed by atoms with Gasteiger partial charge in [-0.1, -0.05) is 97.6 Å². The zero-order valence-corrected chi connectivity index (χ0v) is 24.5. The molecule has 0 unspecified atom stereocenters. The third kappa shape index (κ3) is 8.85. The van der Waals surface area contributed by atoms with Crippen molar-refractivity contribution in [2.24, 2.45) is 5.41 Å². The monoisotopic (exact) mass is 558 g/mol. The Hall–Kier alpha value is -3.29. The minimum atomic E-state index is -0.755. The van der Waals surface area contributed by atoms with Crippen LogP contribution < -0.4 is 0 Å². The van der Waals surface area contributed by atoms with Crippen LogP contribution in [0.5, 0.6) is 0 Å². The molecule has 1 fully saturated rings. The molecule has 0 amide bonds. The number of ether oxygens (including phenoxy) is 5. The van der Waals surface area contributed by atoms with Crippen molar-refractivity contribution >= 4 is 5.97 Å². The van der Waals surface area contributed by atoms with E-state index in [0.29, 0.717) is 19.8 Å². The molecule has 3 aromatic carbocycles. The van der Waals surface area contributed by atoms with E-state index in [1.165, 1.54) is 0 Å². The SMILES string of the molecule is C=C(C)[C@@H]1O[C@H](COCc2ccccc2)[C@@H](OCc2ccccc2)[C@H](OCc2ccccc2)[C@H]1OC(=O)C(C)(C)C. The molecule has 0 aliphatic carbocycles. The number of rotatable bonds is 12. The Balaban J connectivity index is 1.64. The molecule has 0 bridgehead atoms. The normalized spacial score (nSPS) is 22.7. The van der Waals surface area contributed by atoms with Crippen molar-refractivity contribution in [3.63, 3.8) is 0 Å². The first-order valence-electron chi connectivity index (χ1n) is 14.2. The van der Waals surface area contributed by atoms with E-state index >= 15 is 0 Å². The van der Waals surface area contributed by atoms with Crippen molar-refractivity contribution in [2.45, 2.75) is 78.0 Å². The van der Waals surface area contributed by atoms with E-state index in [0.717, 1.165) is 22.3 Å². The summed E-state index contributed by atoms with van der Waals surface area (Å²) < 4.78 is 32.1. The van der Waals surface area contributed by atoms with Crippen LogP contribution in [-0.4, -0.2) is 43.1 Å². The molecule has 4 rings (SSSR count). The summed E-state index contributed by atoms with van der Waals surface area (Å²) in [5.74, 6) is -0.341. The third-order valence-electron chi connectivity index (χ3n) is 6.94. The fourth-order valence-corrected chi connectivity index (χ4v) is 4.67. The summed E-state index contributed by atoms with van der Waals surface area (Å²) in [5.41, 5.74) is 3.11. The Kier molecular flexibility index (Phi) is 10.9. The molecule has 1 aliphatic rings. The van der Waals surface area contributed by atoms with Crippen LogP contribution in [0, 0.1) is 5.41 Å². The van der Waals surface area contributed by atoms with Gasteiger partial charge in [-0.25, -0.2) is 0 Å². The van der Waals surface area contributed by atoms with Crippen LogP contribution in [0.2, 0.25) is 0 Å². The van der Waals surface area contributed by atoms with Crippen molar-refractivity contribution in [1.82, 2.24) is 0 Å². The first-order valence-corrected chi connectivity index (χ1v) is 14.2. The van der Waals surface area contributed by atoms with Gasteiger partial charge in [-0.05, 0) is 50.0 Å². The van der Waals surface area contributed by atoms with Crippen molar-refractivity contribution < 1.29 is 28.5 Å². The summed E-state index contributed by atoms with van der Waals surface area (Å²) in [5, 5.41) is 0. The average Bonchev–Trinajstić information content (AvgIpc) is 2.97. The van der Waals surface area contributed by atoms with Crippen LogP contribution in [-0.2, 0) is 48.3 Å². The highest BCUT2D eigenvalue weighted by Crippen LogP contribution is 2.34. The molecule has 0 spiro atoms. The van der Waals surface area contributed by atoms with E-state index < -0.39 is 35.9 Å². The first-order chi connectivity index (χ1) is 19.7. The molecular formula is C35H42O6. The minimum Gasteiger partial charge on any atom is -0.456 e. The van der Waals surface area contributed by atoms with Crippen molar-refractivity contribution in [3.8, 4) is 0 Å². The zero-order chi connectivity index (χ0) is 29.2. The Morgan fingerprint density at radius 3 is 1.66 bits per heavy atom. The molecule has 3 aromatic rings. The molecule has 1 saturated heterocycles. The van der Waals surface area contributed by atoms with Crippen molar-refractivity contribution in [3.05, 3.63) is 120 Å². The second-order valence-electron chi connectivity index (χ2n) is 11.6. The van der Waals surface area contributed by atoms with Crippen LogP contribution in [0.25, 0.3) is 0 Å². The van der Waals surface area contributed by atoms with Gasteiger partial charge < -0.3 is 23.7 Å². The largest absolute Gasteiger partial charge is 0.456 e. The number of esters is 1. The molecule has 41 heavy (non-hydrogen) atoms. The van der Waals surface area contributed by atoms with E-state index in [1.807, 2.05) is 119 Å². The van der Waals surface area contributed by atoms with E-state index in [1.54, 1.807) is 0 Å². The van der Waals surface area contributed by atoms with Gasteiger partial charge >= 0.3 is 5.97 Å². The second-order valence-corrected chi connectivity index (χ2v) is 11.6. The minimum absolute atomic E-state index is 0.267. The topological polar surface area (TPSA) is 63.2 Å². The number of carbonyl (C=O) groups is 1. The third-order valence-corrected chi connectivity index (χ3v) is 6.94. The van der Waals surface area contributed by atoms with Gasteiger partial charge in [0.2, 0.25) is 0 Å². The summed E-state index contributed by atoms with van der Waals surface area (Å²) in [7, 11) is 0. The van der Waals surface area contributed by atoms with Crippen LogP contribution >= 0.6 is 0 Å². The van der Waals surface area contributed by atoms with Gasteiger partial charge in [0.25, 0.3) is 0 Å². The molecule has 0 radical (unpaired) electrons. The van der Waals surface area contributed by atoms with Crippen LogP contribution in [0.15, 0.2) is 103 Å². The molecule has 6 nitrogen and oxygen atoms in total. The van der Waals surface area contributed by atoms with E-state index in [-0.39, 0.29) is 12.6 Å². The lowest BCUT2D eigenvalue weighted by Crippen LogP contribution is -2.62. The molecule has 218 valence electrons. The molecule has 0 N–H and O–H groups in total. The molecular weight excluding hydrogens is 516 g/mol. The highest BCUT2D eigenvalue weighted by molar-refractivity contribution is 5.75. The van der Waals surface area contributed by atoms with Gasteiger partial charge in [-0.2, -0.15) is 0 Å². The number of hydrogen-bond acceptors (Lipinski definition) is 6. The first kappa shape index (κ1) is 30.7. The van der Waals surface area contributed by atoms with Crippen LogP contribution in [0.1, 0.15) is 44.4 Å². The molecule has 6 heteroatoms. The van der Waals surface area contributed by atoms with E-state index in [2.05, 4.69) is 6.58 Å². The van der Waals surface area contributed by atoms with Gasteiger partial charge in [-0.3, -0.25) is 4.79 Å². The van der Waals surface area contributed by atoms with Gasteiger partial charge in [0, 0.05) is 0 Å². The summed E-state index contributed by atoms with van der Waals surface area (Å²) in [6.07, 6.45) is -3.05. The molecule has 1 heterocycles. The smallest absolute Gasteiger partial charge is 0.311 e. The van der Waals surface area contributed by atoms with Gasteiger partial charge in [0.05, 0.1) is 31.8 Å². The van der Waals surface area contributed by atoms with Gasteiger partial charge in [-0.15, -0.1) is 0 Å². The maximum absolute atomic E-state index is 13.2. The van der Waals surface area contributed by atoms with Gasteiger partial charge in [0.15, 0.2) is 6.10 Å². The second kappa shape index (κ2) is 14.6. The summed E-state index contributed by atoms with van der Waals surface area (Å²) in [4.78, 5) is 13.2. The highest BCUT2D eigenvalue weighted by atomic mass is 16.6. The number of benzene rings is 3. The van der Waals surface area contributed by atoms with E-state index in [4.69, 9.17) is 23.7 Å². The maximum Gasteiger partial charge on any atom is 0.311 e. The lowest BCUT2D eigenvalue weighted by molar-refractivity contribution is -0.261.